The summed E-state index contributed by atoms with van der Waals surface area (Å²) in [7, 11) is 0. The molecule has 0 aliphatic rings. The lowest BCUT2D eigenvalue weighted by Gasteiger charge is -2.10. The van der Waals surface area contributed by atoms with E-state index in [2.05, 4.69) is 125 Å². The number of benzene rings is 7. The van der Waals surface area contributed by atoms with Crippen molar-refractivity contribution >= 4 is 95.6 Å². The molecule has 7 aromatic carbocycles. The Balaban J connectivity index is 0.000000173. The van der Waals surface area contributed by atoms with Gasteiger partial charge >= 0.3 is 36.1 Å². The molecule has 0 radical (unpaired) electrons. The molecule has 12 nitrogen and oxygen atoms in total. The molecule has 2 aromatic heterocycles. The van der Waals surface area contributed by atoms with Crippen molar-refractivity contribution in [2.24, 2.45) is 0 Å². The molecular formula is C48H24Br6F6N6O6. The molecule has 0 unspecified atom stereocenters. The van der Waals surface area contributed by atoms with Crippen LogP contribution in [-0.2, 0) is 0 Å². The van der Waals surface area contributed by atoms with Gasteiger partial charge in [-0.1, -0.05) is 95.6 Å². The van der Waals surface area contributed by atoms with E-state index < -0.39 is 34.9 Å². The molecule has 0 aliphatic carbocycles. The average molecular weight is 1370 g/mol. The third kappa shape index (κ3) is 15.9. The highest BCUT2D eigenvalue weighted by Crippen LogP contribution is 2.31. The van der Waals surface area contributed by atoms with Gasteiger partial charge in [-0.3, -0.25) is 0 Å². The van der Waals surface area contributed by atoms with Gasteiger partial charge < -0.3 is 28.4 Å². The lowest BCUT2D eigenvalue weighted by Crippen LogP contribution is -2.04. The van der Waals surface area contributed by atoms with Crippen molar-refractivity contribution in [2.75, 3.05) is 0 Å². The van der Waals surface area contributed by atoms with E-state index in [0.717, 1.165) is 26.8 Å². The molecule has 9 rings (SSSR count). The van der Waals surface area contributed by atoms with Gasteiger partial charge in [-0.05, 0) is 146 Å². The molecule has 2 heterocycles. The van der Waals surface area contributed by atoms with Crippen LogP contribution in [0.15, 0.2) is 172 Å². The van der Waals surface area contributed by atoms with Gasteiger partial charge in [-0.25, -0.2) is 26.3 Å². The van der Waals surface area contributed by atoms with Crippen molar-refractivity contribution in [3.63, 3.8) is 0 Å². The van der Waals surface area contributed by atoms with Gasteiger partial charge in [-0.2, -0.15) is 0 Å². The van der Waals surface area contributed by atoms with Gasteiger partial charge in [0.05, 0.1) is 0 Å². The van der Waals surface area contributed by atoms with Crippen LogP contribution in [0.25, 0.3) is 0 Å². The normalized spacial score (nSPS) is 10.5. The maximum Gasteiger partial charge on any atom is 0.331 e. The lowest BCUT2D eigenvalue weighted by molar-refractivity contribution is 0.334. The second kappa shape index (κ2) is 25.5. The summed E-state index contributed by atoms with van der Waals surface area (Å²) in [4.78, 5) is 25.5. The van der Waals surface area contributed by atoms with E-state index >= 15 is 0 Å². The van der Waals surface area contributed by atoms with Crippen molar-refractivity contribution < 1.29 is 54.8 Å². The Bertz CT molecular complexity index is 2670. The van der Waals surface area contributed by atoms with Gasteiger partial charge in [0.25, 0.3) is 0 Å². The molecule has 0 atom stereocenters. The topological polar surface area (TPSA) is 133 Å². The first-order valence-corrected chi connectivity index (χ1v) is 24.6. The van der Waals surface area contributed by atoms with Crippen LogP contribution in [0.2, 0.25) is 0 Å². The predicted octanol–water partition coefficient (Wildman–Crippen LogP) is 17.6. The Labute approximate surface area is 454 Å². The second-order valence-electron chi connectivity index (χ2n) is 13.6. The van der Waals surface area contributed by atoms with Crippen molar-refractivity contribution in [1.82, 2.24) is 29.9 Å². The summed E-state index contributed by atoms with van der Waals surface area (Å²) in [6, 6.07) is 44.0. The van der Waals surface area contributed by atoms with Gasteiger partial charge in [0, 0.05) is 26.8 Å². The van der Waals surface area contributed by atoms with Crippen molar-refractivity contribution in [2.45, 2.75) is 0 Å². The zero-order chi connectivity index (χ0) is 51.3. The van der Waals surface area contributed by atoms with E-state index in [9.17, 15) is 26.3 Å². The fourth-order valence-corrected chi connectivity index (χ4v) is 6.73. The average Bonchev–Trinajstić information content (AvgIpc) is 3.37. The number of rotatable bonds is 12. The highest BCUT2D eigenvalue weighted by atomic mass is 79.9. The summed E-state index contributed by atoms with van der Waals surface area (Å²) in [6.45, 7) is 0. The van der Waals surface area contributed by atoms with Crippen LogP contribution in [0, 0.1) is 34.9 Å². The largest absolute Gasteiger partial charge is 0.424 e. The minimum Gasteiger partial charge on any atom is -0.424 e. The van der Waals surface area contributed by atoms with Crippen LogP contribution in [0.3, 0.4) is 0 Å². The summed E-state index contributed by atoms with van der Waals surface area (Å²) in [6.07, 6.45) is 0. The number of ether oxygens (including phenoxy) is 6. The smallest absolute Gasteiger partial charge is 0.331 e. The summed E-state index contributed by atoms with van der Waals surface area (Å²) in [5, 5.41) is 0. The summed E-state index contributed by atoms with van der Waals surface area (Å²) < 4.78 is 112. The van der Waals surface area contributed by atoms with Crippen molar-refractivity contribution in [3.05, 3.63) is 207 Å². The van der Waals surface area contributed by atoms with Crippen LogP contribution in [0.4, 0.5) is 26.3 Å². The SMILES string of the molecule is Brc1ccc(Oc2nc(Oc3ccc(Br)cc3)nc(Oc3ccc(Br)cc3)n2)cc1.Brc1ccc(Oc2nc(Oc3ccc(Br)cc3)nc(Oc3ccc(Br)cc3)n2)cc1.Fc1c(F)c(F)c(F)c(F)c1F. The molecule has 24 heteroatoms. The number of hydrogen-bond acceptors (Lipinski definition) is 12. The minimum atomic E-state index is -2.37. The molecule has 0 aliphatic heterocycles. The molecule has 0 amide bonds. The number of nitrogens with zero attached hydrogens (tertiary/aromatic N) is 6. The molecule has 0 fully saturated rings. The Hall–Kier alpha value is -6.18. The molecule has 0 spiro atoms. The highest BCUT2D eigenvalue weighted by molar-refractivity contribution is 9.11. The molecule has 0 bridgehead atoms. The zero-order valence-corrected chi connectivity index (χ0v) is 45.0. The minimum absolute atomic E-state index is 0.0477. The second-order valence-corrected chi connectivity index (χ2v) is 19.1. The zero-order valence-electron chi connectivity index (χ0n) is 35.5. The van der Waals surface area contributed by atoms with Crippen LogP contribution >= 0.6 is 95.6 Å². The van der Waals surface area contributed by atoms with E-state index in [0.29, 0.717) is 34.5 Å². The standard InChI is InChI=1S/2C21H12Br3N3O3.C6F6/c2*22-13-1-7-16(8-2-13)28-19-25-20(29-17-9-3-14(23)4-10-17)27-21(26-19)30-18-11-5-15(24)6-12-18;7-1-2(8)4(10)6(12)5(11)3(1)9/h2*1-12H;. The quantitative estimate of drug-likeness (QED) is 0.0655. The van der Waals surface area contributed by atoms with Gasteiger partial charge in [-0.15, -0.1) is 29.9 Å². The van der Waals surface area contributed by atoms with Crippen LogP contribution < -0.4 is 28.4 Å². The Morgan fingerprint density at radius 1 is 0.208 bits per heavy atom. The van der Waals surface area contributed by atoms with E-state index in [4.69, 9.17) is 28.4 Å². The Kier molecular flexibility index (Phi) is 19.0. The monoisotopic (exact) mass is 1370 g/mol. The first-order valence-electron chi connectivity index (χ1n) is 19.8. The molecule has 72 heavy (non-hydrogen) atoms. The fraction of sp³-hybridized carbons (Fsp3) is 0. The first-order chi connectivity index (χ1) is 34.5. The molecule has 0 N–H and O–H groups in total. The van der Waals surface area contributed by atoms with E-state index in [1.165, 1.54) is 0 Å². The molecule has 0 saturated heterocycles. The summed E-state index contributed by atoms with van der Waals surface area (Å²) >= 11 is 20.4. The van der Waals surface area contributed by atoms with Gasteiger partial charge in [0.15, 0.2) is 0 Å². The van der Waals surface area contributed by atoms with Gasteiger partial charge in [0.2, 0.25) is 34.9 Å². The van der Waals surface area contributed by atoms with Crippen molar-refractivity contribution in [3.8, 4) is 70.6 Å². The molecule has 9 aromatic rings. The first kappa shape index (κ1) is 53.6. The lowest BCUT2D eigenvalue weighted by atomic mass is 10.3. The third-order valence-corrected chi connectivity index (χ3v) is 11.6. The Morgan fingerprint density at radius 3 is 0.431 bits per heavy atom. The number of halogens is 12. The van der Waals surface area contributed by atoms with Crippen LogP contribution in [0.1, 0.15) is 0 Å². The highest BCUT2D eigenvalue weighted by Gasteiger charge is 2.25. The van der Waals surface area contributed by atoms with E-state index in [-0.39, 0.29) is 36.1 Å². The number of hydrogen-bond donors (Lipinski definition) is 0. The molecular weight excluding hydrogens is 1350 g/mol. The Morgan fingerprint density at radius 2 is 0.319 bits per heavy atom. The van der Waals surface area contributed by atoms with Crippen molar-refractivity contribution in [1.29, 1.82) is 0 Å². The summed E-state index contributed by atoms with van der Waals surface area (Å²) in [5.41, 5.74) is 0. The predicted molar refractivity (Wildman–Crippen MR) is 271 cm³/mol. The van der Waals surface area contributed by atoms with E-state index in [1.807, 2.05) is 72.8 Å². The third-order valence-electron chi connectivity index (χ3n) is 8.44. The summed E-state index contributed by atoms with van der Waals surface area (Å²) in [5.74, 6) is -10.8. The number of aromatic nitrogens is 6. The fourth-order valence-electron chi connectivity index (χ4n) is 5.14. The van der Waals surface area contributed by atoms with Crippen LogP contribution in [0.5, 0.6) is 70.6 Å². The van der Waals surface area contributed by atoms with Crippen LogP contribution in [-0.4, -0.2) is 29.9 Å². The van der Waals surface area contributed by atoms with E-state index in [1.54, 1.807) is 72.8 Å². The molecule has 0 saturated carbocycles. The maximum atomic E-state index is 12.0. The molecule has 366 valence electrons. The van der Waals surface area contributed by atoms with Gasteiger partial charge in [0.1, 0.15) is 34.5 Å². The maximum absolute atomic E-state index is 12.0.